The zero-order valence-corrected chi connectivity index (χ0v) is 35.3. The Kier molecular flexibility index (Phi) is 13.2. The summed E-state index contributed by atoms with van der Waals surface area (Å²) in [5.74, 6) is -1.02. The molecule has 7 aromatic rings. The van der Waals surface area contributed by atoms with Gasteiger partial charge in [-0.1, -0.05) is 84.4 Å². The Hall–Kier alpha value is -5.85. The van der Waals surface area contributed by atoms with Gasteiger partial charge >= 0.3 is 0 Å². The van der Waals surface area contributed by atoms with E-state index in [1.165, 1.54) is 23.8 Å². The van der Waals surface area contributed by atoms with Gasteiger partial charge in [-0.2, -0.15) is 5.10 Å². The lowest BCUT2D eigenvalue weighted by molar-refractivity contribution is 0.0630. The molecular formula is C50H50ClFN4O6. The number of β-amino-alcohol motifs (C(OH)–C–C–N with tert-alkyl or cyclic N) is 1. The first-order chi connectivity index (χ1) is 30.0. The van der Waals surface area contributed by atoms with E-state index < -0.39 is 17.5 Å². The maximum atomic E-state index is 13.4. The molecule has 0 amide bonds. The molecule has 2 saturated heterocycles. The molecule has 2 aliphatic heterocycles. The number of hydrogen-bond donors (Lipinski definition) is 3. The number of halogens is 2. The van der Waals surface area contributed by atoms with E-state index in [4.69, 9.17) is 21.1 Å². The van der Waals surface area contributed by atoms with Crippen LogP contribution in [0.25, 0.3) is 33.1 Å². The molecule has 2 fully saturated rings. The number of aliphatic hydroxyl groups excluding tert-OH is 1. The zero-order valence-electron chi connectivity index (χ0n) is 34.6. The first-order valence-electron chi connectivity index (χ1n) is 21.2. The molecule has 62 heavy (non-hydrogen) atoms. The molecule has 2 aliphatic rings. The van der Waals surface area contributed by atoms with E-state index in [-0.39, 0.29) is 45.6 Å². The molecule has 0 radical (unpaired) electrons. The Bertz CT molecular complexity index is 2800. The molecule has 0 spiro atoms. The van der Waals surface area contributed by atoms with Crippen molar-refractivity contribution in [1.82, 2.24) is 19.6 Å². The van der Waals surface area contributed by atoms with Crippen LogP contribution in [0.2, 0.25) is 5.02 Å². The first kappa shape index (κ1) is 42.8. The summed E-state index contributed by atoms with van der Waals surface area (Å²) in [5.41, 5.74) is 3.69. The molecule has 0 aliphatic carbocycles. The summed E-state index contributed by atoms with van der Waals surface area (Å²) in [4.78, 5) is 30.7. The lowest BCUT2D eigenvalue weighted by Gasteiger charge is -2.34. The summed E-state index contributed by atoms with van der Waals surface area (Å²) >= 11 is 6.25. The third kappa shape index (κ3) is 9.46. The normalized spacial score (nSPS) is 18.6. The van der Waals surface area contributed by atoms with E-state index in [1.54, 1.807) is 41.1 Å². The minimum absolute atomic E-state index is 0.0128. The highest BCUT2D eigenvalue weighted by atomic mass is 35.5. The van der Waals surface area contributed by atoms with E-state index in [2.05, 4.69) is 35.2 Å². The van der Waals surface area contributed by atoms with Gasteiger partial charge in [-0.05, 0) is 93.7 Å². The molecule has 12 heteroatoms. The molecule has 1 unspecified atom stereocenters. The van der Waals surface area contributed by atoms with Crippen molar-refractivity contribution in [3.63, 3.8) is 0 Å². The van der Waals surface area contributed by atoms with E-state index in [1.807, 2.05) is 36.2 Å². The number of phenols is 2. The van der Waals surface area contributed by atoms with Gasteiger partial charge in [0.15, 0.2) is 5.43 Å². The highest BCUT2D eigenvalue weighted by Crippen LogP contribution is 2.43. The van der Waals surface area contributed by atoms with E-state index in [0.29, 0.717) is 40.9 Å². The summed E-state index contributed by atoms with van der Waals surface area (Å²) in [5, 5.41) is 38.3. The molecule has 9 rings (SSSR count). The summed E-state index contributed by atoms with van der Waals surface area (Å²) in [7, 11) is 1.91. The quantitative estimate of drug-likeness (QED) is 0.137. The van der Waals surface area contributed by atoms with Gasteiger partial charge in [-0.3, -0.25) is 9.59 Å². The Balaban J connectivity index is 0.000000174. The van der Waals surface area contributed by atoms with Crippen LogP contribution in [0.3, 0.4) is 0 Å². The van der Waals surface area contributed by atoms with Crippen LogP contribution in [0.4, 0.5) is 4.39 Å². The van der Waals surface area contributed by atoms with Crippen molar-refractivity contribution in [3.8, 4) is 22.8 Å². The Morgan fingerprint density at radius 1 is 0.806 bits per heavy atom. The summed E-state index contributed by atoms with van der Waals surface area (Å²) in [6.07, 6.45) is 4.35. The van der Waals surface area contributed by atoms with Gasteiger partial charge in [-0.15, -0.1) is 0 Å². The third-order valence-electron chi connectivity index (χ3n) is 12.2. The minimum Gasteiger partial charge on any atom is -0.507 e. The summed E-state index contributed by atoms with van der Waals surface area (Å²) < 4.78 is 21.1. The van der Waals surface area contributed by atoms with Gasteiger partial charge in [0.1, 0.15) is 34.0 Å². The van der Waals surface area contributed by atoms with Crippen LogP contribution in [0, 0.1) is 5.82 Å². The Labute approximate surface area is 364 Å². The van der Waals surface area contributed by atoms with E-state index in [0.717, 1.165) is 74.6 Å². The predicted molar refractivity (Wildman–Crippen MR) is 242 cm³/mol. The van der Waals surface area contributed by atoms with Gasteiger partial charge in [0, 0.05) is 60.6 Å². The predicted octanol–water partition coefficient (Wildman–Crippen LogP) is 8.70. The van der Waals surface area contributed by atoms with Crippen molar-refractivity contribution in [2.24, 2.45) is 0 Å². The number of aromatic nitrogens is 2. The SMILES string of the molecule is CN1CC[C@@H](c2c(O)cc(O)c3c(=O)cc(-c4ccccc4Cl)oc23)[C@@H](O)C1.O=c1c2ccccc2c(Cc2ccc(F)cc2)nn1C1CCCN(CCc2ccccc2)CC1. The number of piperidine rings is 1. The Morgan fingerprint density at radius 2 is 1.53 bits per heavy atom. The molecular weight excluding hydrogens is 807 g/mol. The van der Waals surface area contributed by atoms with Gasteiger partial charge in [-0.25, -0.2) is 9.07 Å². The minimum atomic E-state index is -0.744. The van der Waals surface area contributed by atoms with Crippen LogP contribution in [0.15, 0.2) is 129 Å². The number of fused-ring (bicyclic) bond motifs is 2. The van der Waals surface area contributed by atoms with Crippen molar-refractivity contribution in [3.05, 3.63) is 169 Å². The van der Waals surface area contributed by atoms with Crippen LogP contribution in [0.5, 0.6) is 11.5 Å². The average molecular weight is 857 g/mol. The van der Waals surface area contributed by atoms with Crippen molar-refractivity contribution < 1.29 is 24.1 Å². The van der Waals surface area contributed by atoms with Crippen molar-refractivity contribution in [2.75, 3.05) is 39.8 Å². The standard InChI is InChI=1S/C29H30FN3O.C21H20ClNO5/c30-24-14-12-23(13-15-24)21-28-26-10-4-5-11-27(26)29(34)33(31-28)25-9-6-18-32(20-17-25)19-16-22-7-2-1-3-8-22;1-23-7-6-12(17(27)10-23)19-14(24)8-15(25)20-16(26)9-18(28-21(19)20)11-4-2-3-5-13(11)22/h1-5,7-8,10-15,25H,6,9,16-21H2;2-5,8-9,12,17,24-25,27H,6-7,10H2,1H3/t;12-,17+/m.1/s1. The molecule has 3 N–H and O–H groups in total. The highest BCUT2D eigenvalue weighted by Gasteiger charge is 2.33. The third-order valence-corrected chi connectivity index (χ3v) is 12.5. The van der Waals surface area contributed by atoms with Crippen LogP contribution < -0.4 is 11.0 Å². The fourth-order valence-corrected chi connectivity index (χ4v) is 9.11. The van der Waals surface area contributed by atoms with Crippen LogP contribution >= 0.6 is 11.6 Å². The number of rotatable bonds is 8. The first-order valence-corrected chi connectivity index (χ1v) is 21.6. The topological polar surface area (TPSA) is 132 Å². The van der Waals surface area contributed by atoms with Crippen molar-refractivity contribution in [1.29, 1.82) is 0 Å². The second-order valence-corrected chi connectivity index (χ2v) is 16.8. The number of aromatic hydroxyl groups is 2. The molecule has 0 saturated carbocycles. The maximum absolute atomic E-state index is 13.4. The molecule has 5 aromatic carbocycles. The van der Waals surface area contributed by atoms with Crippen molar-refractivity contribution in [2.45, 2.75) is 56.6 Å². The monoisotopic (exact) mass is 856 g/mol. The number of likely N-dealkylation sites (N-methyl/N-ethyl adjacent to an activating group) is 1. The van der Waals surface area contributed by atoms with Gasteiger partial charge in [0.05, 0.1) is 28.2 Å². The molecule has 2 aromatic heterocycles. The largest absolute Gasteiger partial charge is 0.507 e. The fraction of sp³-hybridized carbons (Fsp3) is 0.300. The zero-order chi connectivity index (χ0) is 43.3. The van der Waals surface area contributed by atoms with Crippen LogP contribution in [0.1, 0.15) is 60.0 Å². The van der Waals surface area contributed by atoms with Crippen LogP contribution in [-0.4, -0.2) is 80.8 Å². The molecule has 3 atom stereocenters. The lowest BCUT2D eigenvalue weighted by Crippen LogP contribution is -2.40. The highest BCUT2D eigenvalue weighted by molar-refractivity contribution is 6.33. The average Bonchev–Trinajstić information content (AvgIpc) is 3.51. The number of nitrogens with zero attached hydrogens (tertiary/aromatic N) is 4. The van der Waals surface area contributed by atoms with Gasteiger partial charge in [0.25, 0.3) is 5.56 Å². The number of phenolic OH excluding ortho intramolecular Hbond substituents is 2. The second kappa shape index (κ2) is 19.0. The lowest BCUT2D eigenvalue weighted by atomic mass is 9.85. The number of aliphatic hydroxyl groups is 1. The number of hydrogen-bond acceptors (Lipinski definition) is 9. The Morgan fingerprint density at radius 3 is 2.29 bits per heavy atom. The molecule has 320 valence electrons. The van der Waals surface area contributed by atoms with E-state index >= 15 is 0 Å². The van der Waals surface area contributed by atoms with Crippen LogP contribution in [-0.2, 0) is 12.8 Å². The molecule has 10 nitrogen and oxygen atoms in total. The summed E-state index contributed by atoms with van der Waals surface area (Å²) in [6.45, 7) is 4.20. The van der Waals surface area contributed by atoms with Gasteiger partial charge < -0.3 is 29.5 Å². The number of benzene rings is 5. The molecule has 0 bridgehead atoms. The smallest absolute Gasteiger partial charge is 0.274 e. The maximum Gasteiger partial charge on any atom is 0.274 e. The summed E-state index contributed by atoms with van der Waals surface area (Å²) in [6, 6.07) is 34.3. The van der Waals surface area contributed by atoms with Gasteiger partial charge in [0.2, 0.25) is 0 Å². The number of likely N-dealkylation sites (tertiary alicyclic amines) is 2. The molecule has 4 heterocycles. The van der Waals surface area contributed by atoms with Crippen molar-refractivity contribution >= 4 is 33.3 Å². The fourth-order valence-electron chi connectivity index (χ4n) is 8.89. The van der Waals surface area contributed by atoms with E-state index in [9.17, 15) is 29.3 Å². The second-order valence-electron chi connectivity index (χ2n) is 16.4.